The van der Waals surface area contributed by atoms with E-state index in [9.17, 15) is 8.42 Å². The molecule has 0 aliphatic carbocycles. The zero-order valence-electron chi connectivity index (χ0n) is 10.8. The lowest BCUT2D eigenvalue weighted by atomic mass is 10.2. The fraction of sp³-hybridized carbons (Fsp3) is 0.143. The van der Waals surface area contributed by atoms with E-state index in [1.54, 1.807) is 43.0 Å². The van der Waals surface area contributed by atoms with E-state index in [1.807, 2.05) is 30.5 Å². The van der Waals surface area contributed by atoms with Gasteiger partial charge in [0, 0.05) is 10.6 Å². The van der Waals surface area contributed by atoms with Crippen molar-refractivity contribution in [2.75, 3.05) is 11.0 Å². The zero-order chi connectivity index (χ0) is 13.9. The molecular formula is C14H15NO2S2. The minimum absolute atomic E-state index is 0.310. The third-order valence-electron chi connectivity index (χ3n) is 2.71. The van der Waals surface area contributed by atoms with E-state index < -0.39 is 10.0 Å². The van der Waals surface area contributed by atoms with Crippen LogP contribution in [-0.4, -0.2) is 14.7 Å². The van der Waals surface area contributed by atoms with Crippen molar-refractivity contribution in [2.45, 2.75) is 16.7 Å². The largest absolute Gasteiger partial charge is 0.280 e. The van der Waals surface area contributed by atoms with E-state index in [2.05, 4.69) is 4.72 Å². The van der Waals surface area contributed by atoms with Gasteiger partial charge in [-0.15, -0.1) is 11.8 Å². The number of anilines is 1. The van der Waals surface area contributed by atoms with E-state index in [1.165, 1.54) is 0 Å². The summed E-state index contributed by atoms with van der Waals surface area (Å²) in [6.45, 7) is 1.78. The standard InChI is InChI=1S/C14H15NO2S2/c1-11-6-3-4-9-14(11)19(16,17)15-12-7-5-8-13(10-12)18-2/h3-10,15H,1-2H3. The lowest BCUT2D eigenvalue weighted by Gasteiger charge is -2.10. The van der Waals surface area contributed by atoms with E-state index >= 15 is 0 Å². The molecule has 0 radical (unpaired) electrons. The summed E-state index contributed by atoms with van der Waals surface area (Å²) in [6.07, 6.45) is 1.95. The van der Waals surface area contributed by atoms with Crippen molar-refractivity contribution in [2.24, 2.45) is 0 Å². The second kappa shape index (κ2) is 5.67. The monoisotopic (exact) mass is 293 g/mol. The average Bonchev–Trinajstić information content (AvgIpc) is 2.38. The number of sulfonamides is 1. The van der Waals surface area contributed by atoms with Gasteiger partial charge >= 0.3 is 0 Å². The Morgan fingerprint density at radius 2 is 1.79 bits per heavy atom. The Kier molecular flexibility index (Phi) is 4.17. The van der Waals surface area contributed by atoms with Crippen molar-refractivity contribution >= 4 is 27.5 Å². The van der Waals surface area contributed by atoms with Crippen LogP contribution in [-0.2, 0) is 10.0 Å². The van der Waals surface area contributed by atoms with Crippen LogP contribution in [0, 0.1) is 6.92 Å². The third kappa shape index (κ3) is 3.30. The fourth-order valence-corrected chi connectivity index (χ4v) is 3.51. The van der Waals surface area contributed by atoms with Crippen LogP contribution < -0.4 is 4.72 Å². The van der Waals surface area contributed by atoms with Crippen LogP contribution in [0.25, 0.3) is 0 Å². The van der Waals surface area contributed by atoms with Crippen LogP contribution in [0.2, 0.25) is 0 Å². The van der Waals surface area contributed by atoms with Gasteiger partial charge in [0.15, 0.2) is 0 Å². The molecule has 0 bridgehead atoms. The first-order valence-corrected chi connectivity index (χ1v) is 8.46. The number of nitrogens with one attached hydrogen (secondary N) is 1. The Morgan fingerprint density at radius 1 is 1.05 bits per heavy atom. The van der Waals surface area contributed by atoms with Crippen LogP contribution in [0.5, 0.6) is 0 Å². The summed E-state index contributed by atoms with van der Waals surface area (Å²) < 4.78 is 27.2. The number of hydrogen-bond acceptors (Lipinski definition) is 3. The Morgan fingerprint density at radius 3 is 2.47 bits per heavy atom. The molecule has 0 heterocycles. The summed E-state index contributed by atoms with van der Waals surface area (Å²) in [5.41, 5.74) is 1.31. The predicted octanol–water partition coefficient (Wildman–Crippen LogP) is 3.52. The number of rotatable bonds is 4. The molecule has 0 amide bonds. The first-order valence-electron chi connectivity index (χ1n) is 5.75. The zero-order valence-corrected chi connectivity index (χ0v) is 12.4. The second-order valence-electron chi connectivity index (χ2n) is 4.10. The molecule has 3 nitrogen and oxygen atoms in total. The highest BCUT2D eigenvalue weighted by Gasteiger charge is 2.16. The van der Waals surface area contributed by atoms with Crippen LogP contribution >= 0.6 is 11.8 Å². The summed E-state index contributed by atoms with van der Waals surface area (Å²) in [5.74, 6) is 0. The Balaban J connectivity index is 2.34. The lowest BCUT2D eigenvalue weighted by Crippen LogP contribution is -2.14. The molecule has 0 unspecified atom stereocenters. The Bertz CT molecular complexity index is 681. The fourth-order valence-electron chi connectivity index (χ4n) is 1.75. The van der Waals surface area contributed by atoms with Gasteiger partial charge in [-0.3, -0.25) is 4.72 Å². The van der Waals surface area contributed by atoms with Crippen molar-refractivity contribution in [1.82, 2.24) is 0 Å². The van der Waals surface area contributed by atoms with Crippen LogP contribution in [0.3, 0.4) is 0 Å². The average molecular weight is 293 g/mol. The molecular weight excluding hydrogens is 278 g/mol. The maximum absolute atomic E-state index is 12.3. The molecule has 1 N–H and O–H groups in total. The van der Waals surface area contributed by atoms with Gasteiger partial charge in [0.05, 0.1) is 4.90 Å². The van der Waals surface area contributed by atoms with Crippen LogP contribution in [0.4, 0.5) is 5.69 Å². The summed E-state index contributed by atoms with van der Waals surface area (Å²) in [6, 6.07) is 14.3. The molecule has 0 aromatic heterocycles. The second-order valence-corrected chi connectivity index (χ2v) is 6.63. The molecule has 0 saturated heterocycles. The molecule has 0 aliphatic heterocycles. The van der Waals surface area contributed by atoms with Gasteiger partial charge in [-0.05, 0) is 43.0 Å². The summed E-state index contributed by atoms with van der Waals surface area (Å²) in [5, 5.41) is 0. The molecule has 100 valence electrons. The third-order valence-corrected chi connectivity index (χ3v) is 4.97. The van der Waals surface area contributed by atoms with Gasteiger partial charge in [-0.1, -0.05) is 24.3 Å². The molecule has 0 fully saturated rings. The highest BCUT2D eigenvalue weighted by atomic mass is 32.2. The van der Waals surface area contributed by atoms with Crippen molar-refractivity contribution in [3.63, 3.8) is 0 Å². The number of aryl methyl sites for hydroxylation is 1. The topological polar surface area (TPSA) is 46.2 Å². The number of hydrogen-bond donors (Lipinski definition) is 1. The summed E-state index contributed by atoms with van der Waals surface area (Å²) in [4.78, 5) is 1.33. The van der Waals surface area contributed by atoms with Gasteiger partial charge in [0.1, 0.15) is 0 Å². The lowest BCUT2D eigenvalue weighted by molar-refractivity contribution is 0.600. The van der Waals surface area contributed by atoms with Crippen molar-refractivity contribution < 1.29 is 8.42 Å². The van der Waals surface area contributed by atoms with Gasteiger partial charge in [0.2, 0.25) is 0 Å². The van der Waals surface area contributed by atoms with Crippen LogP contribution in [0.1, 0.15) is 5.56 Å². The summed E-state index contributed by atoms with van der Waals surface area (Å²) in [7, 11) is -3.53. The molecule has 0 aliphatic rings. The normalized spacial score (nSPS) is 11.3. The smallest absolute Gasteiger partial charge is 0.262 e. The minimum atomic E-state index is -3.53. The van der Waals surface area contributed by atoms with E-state index in [0.29, 0.717) is 10.6 Å². The maximum Gasteiger partial charge on any atom is 0.262 e. The Labute approximate surface area is 118 Å². The molecule has 0 saturated carbocycles. The first kappa shape index (κ1) is 14.0. The number of thioether (sulfide) groups is 1. The SMILES string of the molecule is CSc1cccc(NS(=O)(=O)c2ccccc2C)c1. The van der Waals surface area contributed by atoms with E-state index in [4.69, 9.17) is 0 Å². The molecule has 0 atom stereocenters. The van der Waals surface area contributed by atoms with Gasteiger partial charge in [-0.2, -0.15) is 0 Å². The van der Waals surface area contributed by atoms with Gasteiger partial charge in [-0.25, -0.2) is 8.42 Å². The highest BCUT2D eigenvalue weighted by molar-refractivity contribution is 7.98. The molecule has 19 heavy (non-hydrogen) atoms. The van der Waals surface area contributed by atoms with Crippen molar-refractivity contribution in [3.8, 4) is 0 Å². The molecule has 2 rings (SSSR count). The highest BCUT2D eigenvalue weighted by Crippen LogP contribution is 2.22. The minimum Gasteiger partial charge on any atom is -0.280 e. The predicted molar refractivity (Wildman–Crippen MR) is 80.2 cm³/mol. The van der Waals surface area contributed by atoms with Crippen LogP contribution in [0.15, 0.2) is 58.3 Å². The molecule has 5 heteroatoms. The molecule has 0 spiro atoms. The quantitative estimate of drug-likeness (QED) is 0.877. The van der Waals surface area contributed by atoms with Crippen molar-refractivity contribution in [1.29, 1.82) is 0 Å². The van der Waals surface area contributed by atoms with E-state index in [-0.39, 0.29) is 0 Å². The Hall–Kier alpha value is -1.46. The first-order chi connectivity index (χ1) is 9.03. The van der Waals surface area contributed by atoms with Gasteiger partial charge < -0.3 is 0 Å². The number of benzene rings is 2. The molecule has 2 aromatic carbocycles. The summed E-state index contributed by atoms with van der Waals surface area (Å²) >= 11 is 1.57. The molecule has 2 aromatic rings. The van der Waals surface area contributed by atoms with Gasteiger partial charge in [0.25, 0.3) is 10.0 Å². The van der Waals surface area contributed by atoms with E-state index in [0.717, 1.165) is 10.5 Å². The van der Waals surface area contributed by atoms with Crippen molar-refractivity contribution in [3.05, 3.63) is 54.1 Å². The maximum atomic E-state index is 12.3.